The van der Waals surface area contributed by atoms with Gasteiger partial charge in [-0.25, -0.2) is 9.78 Å². The van der Waals surface area contributed by atoms with Crippen LogP contribution in [0.3, 0.4) is 0 Å². The number of carbonyl (C=O) groups is 1. The van der Waals surface area contributed by atoms with Crippen LogP contribution in [0.1, 0.15) is 42.7 Å². The molecule has 1 unspecified atom stereocenters. The van der Waals surface area contributed by atoms with Gasteiger partial charge >= 0.3 is 6.03 Å². The topological polar surface area (TPSA) is 155 Å². The summed E-state index contributed by atoms with van der Waals surface area (Å²) in [4.78, 5) is 38.3. The number of likely N-dealkylation sites (tertiary alicyclic amines) is 1. The Morgan fingerprint density at radius 2 is 2.06 bits per heavy atom. The monoisotopic (exact) mass is 440 g/mol. The maximum Gasteiger partial charge on any atom is 0.326 e. The summed E-state index contributed by atoms with van der Waals surface area (Å²) < 4.78 is 0. The van der Waals surface area contributed by atoms with Crippen molar-refractivity contribution in [3.8, 4) is 0 Å². The van der Waals surface area contributed by atoms with Gasteiger partial charge in [0.15, 0.2) is 5.96 Å². The first-order valence-electron chi connectivity index (χ1n) is 10.9. The molecule has 3 rings (SSSR count). The Bertz CT molecular complexity index is 999. The third-order valence-electron chi connectivity index (χ3n) is 5.64. The average Bonchev–Trinajstić information content (AvgIpc) is 2.98. The summed E-state index contributed by atoms with van der Waals surface area (Å²) in [6.07, 6.45) is 5.30. The number of amides is 2. The van der Waals surface area contributed by atoms with Gasteiger partial charge in [0.05, 0.1) is 0 Å². The van der Waals surface area contributed by atoms with E-state index in [4.69, 9.17) is 11.5 Å². The fourth-order valence-corrected chi connectivity index (χ4v) is 3.93. The molecule has 0 bridgehead atoms. The molecule has 1 saturated heterocycles. The van der Waals surface area contributed by atoms with Gasteiger partial charge in [-0.3, -0.25) is 20.1 Å². The van der Waals surface area contributed by atoms with Crippen molar-refractivity contribution in [3.05, 3.63) is 51.9 Å². The molecule has 0 radical (unpaired) electrons. The highest BCUT2D eigenvalue weighted by Gasteiger charge is 2.21. The Labute approximate surface area is 187 Å². The maximum absolute atomic E-state index is 12.7. The van der Waals surface area contributed by atoms with Crippen molar-refractivity contribution < 1.29 is 4.79 Å². The molecule has 1 aromatic carbocycles. The highest BCUT2D eigenvalue weighted by molar-refractivity contribution is 5.99. The number of aromatic nitrogens is 2. The number of aryl methyl sites for hydroxylation is 1. The van der Waals surface area contributed by atoms with E-state index in [0.717, 1.165) is 50.9 Å². The summed E-state index contributed by atoms with van der Waals surface area (Å²) in [5.41, 5.74) is 12.8. The number of aliphatic imine (C=N–C) groups is 1. The summed E-state index contributed by atoms with van der Waals surface area (Å²) >= 11 is 0. The number of hydrogen-bond donors (Lipinski definition) is 5. The number of nitrogens with two attached hydrogens (primary N) is 2. The maximum atomic E-state index is 12.7. The zero-order chi connectivity index (χ0) is 22.9. The number of benzene rings is 1. The van der Waals surface area contributed by atoms with Gasteiger partial charge in [0.2, 0.25) is 5.95 Å². The molecule has 1 aromatic heterocycles. The molecule has 10 nitrogen and oxygen atoms in total. The van der Waals surface area contributed by atoms with Crippen molar-refractivity contribution >= 4 is 23.6 Å². The van der Waals surface area contributed by atoms with E-state index in [1.807, 2.05) is 31.2 Å². The Hall–Kier alpha value is -3.40. The van der Waals surface area contributed by atoms with E-state index in [-0.39, 0.29) is 23.4 Å². The zero-order valence-electron chi connectivity index (χ0n) is 18.4. The Balaban J connectivity index is 1.54. The van der Waals surface area contributed by atoms with Crippen LogP contribution in [0.4, 0.5) is 16.4 Å². The van der Waals surface area contributed by atoms with E-state index in [0.29, 0.717) is 17.8 Å². The number of guanidine groups is 1. The molecule has 0 aliphatic carbocycles. The molecule has 0 saturated carbocycles. The van der Waals surface area contributed by atoms with Gasteiger partial charge in [-0.05, 0) is 69.8 Å². The average molecular weight is 441 g/mol. The van der Waals surface area contributed by atoms with Crippen molar-refractivity contribution in [1.29, 1.82) is 0 Å². The minimum atomic E-state index is -0.457. The van der Waals surface area contributed by atoms with Crippen LogP contribution in [-0.2, 0) is 0 Å². The first-order valence-corrected chi connectivity index (χ1v) is 10.9. The van der Waals surface area contributed by atoms with Crippen LogP contribution in [0.15, 0.2) is 40.2 Å². The minimum absolute atomic E-state index is 0.123. The van der Waals surface area contributed by atoms with E-state index in [1.165, 1.54) is 0 Å². The highest BCUT2D eigenvalue weighted by atomic mass is 16.2. The number of anilines is 2. The molecule has 2 aromatic rings. The summed E-state index contributed by atoms with van der Waals surface area (Å²) in [5, 5.41) is 5.35. The molecule has 2 heterocycles. The Morgan fingerprint density at radius 1 is 1.25 bits per heavy atom. The lowest BCUT2D eigenvalue weighted by atomic mass is 9.94. The predicted molar refractivity (Wildman–Crippen MR) is 127 cm³/mol. The zero-order valence-corrected chi connectivity index (χ0v) is 18.4. The standard InChI is InChI=1S/C22H32N8O2/c1-15-6-2-3-8-18(15)27-22(32)29-21-26-14-17(19(31)28-21)16-7-4-11-30(13-9-16)12-5-10-25-20(23)24/h2-3,6,8,14,16H,4-5,7,9-13H2,1H3,(H4,23,24,25)(H3,26,27,28,29,31,32). The second kappa shape index (κ2) is 11.3. The normalized spacial score (nSPS) is 16.7. The Kier molecular flexibility index (Phi) is 8.20. The number of urea groups is 1. The largest absolute Gasteiger partial charge is 0.370 e. The molecular formula is C22H32N8O2. The number of para-hydroxylation sites is 1. The van der Waals surface area contributed by atoms with Gasteiger partial charge in [0.25, 0.3) is 5.56 Å². The molecule has 0 spiro atoms. The summed E-state index contributed by atoms with van der Waals surface area (Å²) in [5.74, 6) is 0.391. The number of nitrogens with one attached hydrogen (secondary N) is 3. The van der Waals surface area contributed by atoms with Crippen LogP contribution in [0.2, 0.25) is 0 Å². The molecule has 1 aliphatic rings. The van der Waals surface area contributed by atoms with Crippen LogP contribution in [0, 0.1) is 6.92 Å². The molecule has 1 atom stereocenters. The first-order chi connectivity index (χ1) is 15.4. The van der Waals surface area contributed by atoms with Gasteiger partial charge in [0.1, 0.15) is 0 Å². The van der Waals surface area contributed by atoms with E-state index < -0.39 is 6.03 Å². The summed E-state index contributed by atoms with van der Waals surface area (Å²) in [7, 11) is 0. The lowest BCUT2D eigenvalue weighted by Crippen LogP contribution is -2.28. The SMILES string of the molecule is Cc1ccccc1NC(=O)Nc1ncc(C2CCCN(CCCN=C(N)N)CC2)c(=O)[nH]1. The van der Waals surface area contributed by atoms with Gasteiger partial charge in [0, 0.05) is 24.0 Å². The summed E-state index contributed by atoms with van der Waals surface area (Å²) in [6, 6.07) is 7.00. The van der Waals surface area contributed by atoms with E-state index in [9.17, 15) is 9.59 Å². The molecule has 172 valence electrons. The lowest BCUT2D eigenvalue weighted by Gasteiger charge is -2.19. The van der Waals surface area contributed by atoms with Crippen molar-refractivity contribution in [2.75, 3.05) is 36.8 Å². The van der Waals surface area contributed by atoms with Crippen LogP contribution >= 0.6 is 0 Å². The highest BCUT2D eigenvalue weighted by Crippen LogP contribution is 2.25. The molecule has 1 aliphatic heterocycles. The molecule has 1 fully saturated rings. The Morgan fingerprint density at radius 3 is 2.81 bits per heavy atom. The van der Waals surface area contributed by atoms with E-state index in [1.54, 1.807) is 6.20 Å². The number of nitrogens with zero attached hydrogens (tertiary/aromatic N) is 3. The summed E-state index contributed by atoms with van der Waals surface area (Å²) in [6.45, 7) is 5.35. The molecule has 10 heteroatoms. The second-order valence-electron chi connectivity index (χ2n) is 8.04. The van der Waals surface area contributed by atoms with Crippen LogP contribution in [0.5, 0.6) is 0 Å². The van der Waals surface area contributed by atoms with Crippen molar-refractivity contribution in [1.82, 2.24) is 14.9 Å². The molecule has 2 amide bonds. The number of carbonyl (C=O) groups excluding carboxylic acids is 1. The number of aromatic amines is 1. The quantitative estimate of drug-likeness (QED) is 0.252. The van der Waals surface area contributed by atoms with Crippen LogP contribution in [0.25, 0.3) is 0 Å². The van der Waals surface area contributed by atoms with Crippen LogP contribution < -0.4 is 27.7 Å². The number of rotatable bonds is 7. The second-order valence-corrected chi connectivity index (χ2v) is 8.04. The van der Waals surface area contributed by atoms with E-state index in [2.05, 4.69) is 30.5 Å². The van der Waals surface area contributed by atoms with Crippen molar-refractivity contribution in [3.63, 3.8) is 0 Å². The fourth-order valence-electron chi connectivity index (χ4n) is 3.93. The predicted octanol–water partition coefficient (Wildman–Crippen LogP) is 1.96. The van der Waals surface area contributed by atoms with Crippen LogP contribution in [-0.4, -0.2) is 53.0 Å². The molecular weight excluding hydrogens is 408 g/mol. The minimum Gasteiger partial charge on any atom is -0.370 e. The smallest absolute Gasteiger partial charge is 0.326 e. The van der Waals surface area contributed by atoms with Gasteiger partial charge < -0.3 is 21.7 Å². The lowest BCUT2D eigenvalue weighted by molar-refractivity contribution is 0.262. The third kappa shape index (κ3) is 6.81. The van der Waals surface area contributed by atoms with Crippen molar-refractivity contribution in [2.45, 2.75) is 38.5 Å². The van der Waals surface area contributed by atoms with Gasteiger partial charge in [-0.1, -0.05) is 18.2 Å². The number of hydrogen-bond acceptors (Lipinski definition) is 5. The molecule has 7 N–H and O–H groups in total. The third-order valence-corrected chi connectivity index (χ3v) is 5.64. The fraction of sp³-hybridized carbons (Fsp3) is 0.455. The van der Waals surface area contributed by atoms with E-state index >= 15 is 0 Å². The number of H-pyrrole nitrogens is 1. The van der Waals surface area contributed by atoms with Gasteiger partial charge in [-0.2, -0.15) is 0 Å². The van der Waals surface area contributed by atoms with Crippen molar-refractivity contribution in [2.24, 2.45) is 16.5 Å². The molecule has 32 heavy (non-hydrogen) atoms. The van der Waals surface area contributed by atoms with Gasteiger partial charge in [-0.15, -0.1) is 0 Å². The first kappa shape index (κ1) is 23.3.